The molecular weight excluding hydrogens is 611 g/mol. The Bertz CT molecular complexity index is 2430. The fourth-order valence-corrected chi connectivity index (χ4v) is 7.83. The van der Waals surface area contributed by atoms with Crippen LogP contribution in [0, 0.1) is 48.5 Å². The van der Waals surface area contributed by atoms with Crippen LogP contribution < -0.4 is 15.1 Å². The minimum absolute atomic E-state index is 0.771. The highest BCUT2D eigenvalue weighted by Crippen LogP contribution is 2.38. The number of nitrogens with one attached hydrogen (secondary N) is 1. The van der Waals surface area contributed by atoms with Crippen LogP contribution in [0.5, 0.6) is 0 Å². The fourth-order valence-electron chi connectivity index (χ4n) is 7.83. The number of anilines is 4. The molecule has 0 atom stereocenters. The van der Waals surface area contributed by atoms with Gasteiger partial charge < -0.3 is 15.1 Å². The predicted octanol–water partition coefficient (Wildman–Crippen LogP) is 11.5. The lowest BCUT2D eigenvalue weighted by Gasteiger charge is -2.27. The molecule has 0 amide bonds. The maximum absolute atomic E-state index is 4.92. The molecule has 5 heteroatoms. The van der Waals surface area contributed by atoms with E-state index < -0.39 is 0 Å². The van der Waals surface area contributed by atoms with Gasteiger partial charge in [0, 0.05) is 52.1 Å². The van der Waals surface area contributed by atoms with Gasteiger partial charge in [0.15, 0.2) is 0 Å². The molecule has 8 rings (SSSR count). The van der Waals surface area contributed by atoms with E-state index in [2.05, 4.69) is 178 Å². The van der Waals surface area contributed by atoms with Gasteiger partial charge in [0.2, 0.25) is 0 Å². The van der Waals surface area contributed by atoms with E-state index in [1.54, 1.807) is 0 Å². The second-order valence-electron chi connectivity index (χ2n) is 13.8. The third-order valence-corrected chi connectivity index (χ3v) is 10.9. The predicted molar refractivity (Wildman–Crippen MR) is 212 cm³/mol. The van der Waals surface area contributed by atoms with Crippen LogP contribution in [-0.4, -0.2) is 16.2 Å². The van der Waals surface area contributed by atoms with Gasteiger partial charge in [-0.05, 0) is 147 Å². The summed E-state index contributed by atoms with van der Waals surface area (Å²) in [4.78, 5) is 9.60. The minimum atomic E-state index is 0.771. The first kappa shape index (κ1) is 31.5. The summed E-state index contributed by atoms with van der Waals surface area (Å²) in [5.41, 5.74) is 18.6. The number of fused-ring (bicyclic) bond motifs is 3. The lowest BCUT2D eigenvalue weighted by Crippen LogP contribution is -2.26. The van der Waals surface area contributed by atoms with Crippen molar-refractivity contribution in [2.24, 2.45) is 0 Å². The normalized spacial score (nSPS) is 12.9. The second-order valence-corrected chi connectivity index (χ2v) is 13.8. The zero-order chi connectivity index (χ0) is 34.7. The molecule has 50 heavy (non-hydrogen) atoms. The third kappa shape index (κ3) is 5.21. The van der Waals surface area contributed by atoms with Crippen molar-refractivity contribution in [3.8, 4) is 16.9 Å². The number of benzene rings is 5. The number of rotatable bonds is 6. The molecule has 3 heterocycles. The molecule has 0 unspecified atom stereocenters. The van der Waals surface area contributed by atoms with E-state index in [0.29, 0.717) is 0 Å². The first-order valence-electron chi connectivity index (χ1n) is 17.4. The van der Waals surface area contributed by atoms with E-state index >= 15 is 0 Å². The molecular formula is C45H43N5. The average molecular weight is 654 g/mol. The molecule has 1 aliphatic rings. The maximum atomic E-state index is 4.92. The molecule has 0 spiro atoms. The molecule has 0 saturated heterocycles. The molecule has 0 fully saturated rings. The minimum Gasteiger partial charge on any atom is -0.355 e. The SMILES string of the molecule is Cc1cccc(C)c1-c1ccnc(-n2c3ccccc3c3ccc(Nc4cccc(N5C=CN(c6c(C)c(C)c(C)c(C)c6C)C5)c4)cc32)c1. The van der Waals surface area contributed by atoms with Crippen molar-refractivity contribution < 1.29 is 0 Å². The first-order valence-corrected chi connectivity index (χ1v) is 17.4. The smallest absolute Gasteiger partial charge is 0.138 e. The number of hydrogen-bond acceptors (Lipinski definition) is 4. The topological polar surface area (TPSA) is 36.3 Å². The summed E-state index contributed by atoms with van der Waals surface area (Å²) < 4.78 is 2.30. The monoisotopic (exact) mass is 653 g/mol. The van der Waals surface area contributed by atoms with Crippen LogP contribution in [0.25, 0.3) is 38.8 Å². The molecule has 5 aromatic carbocycles. The molecule has 0 bridgehead atoms. The van der Waals surface area contributed by atoms with E-state index in [-0.39, 0.29) is 0 Å². The Hall–Kier alpha value is -5.81. The van der Waals surface area contributed by atoms with Crippen molar-refractivity contribution in [2.75, 3.05) is 21.8 Å². The summed E-state index contributed by atoms with van der Waals surface area (Å²) in [7, 11) is 0. The Balaban J connectivity index is 1.12. The van der Waals surface area contributed by atoms with Crippen LogP contribution >= 0.6 is 0 Å². The van der Waals surface area contributed by atoms with E-state index in [4.69, 9.17) is 4.98 Å². The Morgan fingerprint density at radius 2 is 1.22 bits per heavy atom. The van der Waals surface area contributed by atoms with Crippen LogP contribution in [0.15, 0.2) is 116 Å². The van der Waals surface area contributed by atoms with Crippen LogP contribution in [0.1, 0.15) is 38.9 Å². The Labute approximate surface area is 295 Å². The molecule has 248 valence electrons. The molecule has 0 radical (unpaired) electrons. The first-order chi connectivity index (χ1) is 24.2. The van der Waals surface area contributed by atoms with Gasteiger partial charge in [0.25, 0.3) is 0 Å². The van der Waals surface area contributed by atoms with E-state index in [1.807, 2.05) is 6.20 Å². The van der Waals surface area contributed by atoms with Crippen LogP contribution in [-0.2, 0) is 0 Å². The number of hydrogen-bond donors (Lipinski definition) is 1. The lowest BCUT2D eigenvalue weighted by molar-refractivity contribution is 0.958. The molecule has 2 aromatic heterocycles. The van der Waals surface area contributed by atoms with Crippen LogP contribution in [0.2, 0.25) is 0 Å². The van der Waals surface area contributed by atoms with Crippen molar-refractivity contribution in [3.05, 3.63) is 155 Å². The molecule has 5 nitrogen and oxygen atoms in total. The van der Waals surface area contributed by atoms with E-state index in [9.17, 15) is 0 Å². The van der Waals surface area contributed by atoms with Gasteiger partial charge in [0.1, 0.15) is 5.82 Å². The van der Waals surface area contributed by atoms with Crippen molar-refractivity contribution in [1.82, 2.24) is 9.55 Å². The molecule has 1 N–H and O–H groups in total. The largest absolute Gasteiger partial charge is 0.355 e. The van der Waals surface area contributed by atoms with Crippen molar-refractivity contribution >= 4 is 44.6 Å². The molecule has 0 aliphatic carbocycles. The van der Waals surface area contributed by atoms with Gasteiger partial charge in [-0.25, -0.2) is 4.98 Å². The Kier molecular flexibility index (Phi) is 7.71. The molecule has 1 aliphatic heterocycles. The van der Waals surface area contributed by atoms with Crippen molar-refractivity contribution in [1.29, 1.82) is 0 Å². The second kappa shape index (κ2) is 12.3. The zero-order valence-electron chi connectivity index (χ0n) is 30.0. The standard InChI is InChI=1S/C45H43N5/c1-28-12-10-13-29(2)44(28)35-20-21-46-43(24-35)50-41-17-9-8-16-39(41)40-19-18-37(26-42(40)50)47-36-14-11-15-38(25-36)48-22-23-49(27-48)45-33(6)31(4)30(3)32(5)34(45)7/h8-26,47H,27H2,1-7H3. The summed E-state index contributed by atoms with van der Waals surface area (Å²) in [6.45, 7) is 16.3. The summed E-state index contributed by atoms with van der Waals surface area (Å²) in [6.07, 6.45) is 6.33. The number of aromatic nitrogens is 2. The Morgan fingerprint density at radius 1 is 0.560 bits per heavy atom. The number of pyridine rings is 1. The fraction of sp³-hybridized carbons (Fsp3) is 0.178. The maximum Gasteiger partial charge on any atom is 0.138 e. The summed E-state index contributed by atoms with van der Waals surface area (Å²) in [5, 5.41) is 6.13. The van der Waals surface area contributed by atoms with Crippen molar-refractivity contribution in [2.45, 2.75) is 48.5 Å². The van der Waals surface area contributed by atoms with Gasteiger partial charge in [0.05, 0.1) is 17.7 Å². The molecule has 7 aromatic rings. The van der Waals surface area contributed by atoms with E-state index in [1.165, 1.54) is 66.5 Å². The molecule has 0 saturated carbocycles. The average Bonchev–Trinajstić information content (AvgIpc) is 3.73. The lowest BCUT2D eigenvalue weighted by atomic mass is 9.92. The van der Waals surface area contributed by atoms with Crippen LogP contribution in [0.3, 0.4) is 0 Å². The van der Waals surface area contributed by atoms with Gasteiger partial charge >= 0.3 is 0 Å². The number of para-hydroxylation sites is 1. The highest BCUT2D eigenvalue weighted by molar-refractivity contribution is 6.10. The number of aryl methyl sites for hydroxylation is 2. The van der Waals surface area contributed by atoms with Gasteiger partial charge in [-0.15, -0.1) is 0 Å². The van der Waals surface area contributed by atoms with Gasteiger partial charge in [-0.1, -0.05) is 48.5 Å². The summed E-state index contributed by atoms with van der Waals surface area (Å²) in [6, 6.07) is 34.8. The van der Waals surface area contributed by atoms with E-state index in [0.717, 1.165) is 40.6 Å². The summed E-state index contributed by atoms with van der Waals surface area (Å²) in [5.74, 6) is 0.908. The highest BCUT2D eigenvalue weighted by Gasteiger charge is 2.22. The van der Waals surface area contributed by atoms with Gasteiger partial charge in [-0.3, -0.25) is 4.57 Å². The quantitative estimate of drug-likeness (QED) is 0.194. The third-order valence-electron chi connectivity index (χ3n) is 10.9. The van der Waals surface area contributed by atoms with Crippen LogP contribution in [0.4, 0.5) is 22.7 Å². The number of nitrogens with zero attached hydrogens (tertiary/aromatic N) is 4. The summed E-state index contributed by atoms with van der Waals surface area (Å²) >= 11 is 0. The highest BCUT2D eigenvalue weighted by atomic mass is 15.3. The zero-order valence-corrected chi connectivity index (χ0v) is 30.0. The van der Waals surface area contributed by atoms with Crippen molar-refractivity contribution in [3.63, 3.8) is 0 Å². The van der Waals surface area contributed by atoms with Gasteiger partial charge in [-0.2, -0.15) is 0 Å². The Morgan fingerprint density at radius 3 is 2.00 bits per heavy atom.